The molecule has 35 heavy (non-hydrogen) atoms. The highest BCUT2D eigenvalue weighted by molar-refractivity contribution is 8.18. The molecule has 3 amide bonds. The third kappa shape index (κ3) is 5.70. The molecule has 1 saturated heterocycles. The third-order valence-electron chi connectivity index (χ3n) is 4.96. The fraction of sp³-hybridized carbons (Fsp3) is 0.261. The lowest BCUT2D eigenvalue weighted by atomic mass is 10.1. The summed E-state index contributed by atoms with van der Waals surface area (Å²) in [5, 5.41) is 1.76. The van der Waals surface area contributed by atoms with Gasteiger partial charge in [0.25, 0.3) is 17.1 Å². The van der Waals surface area contributed by atoms with E-state index in [0.717, 1.165) is 17.0 Å². The minimum atomic E-state index is -4.70. The van der Waals surface area contributed by atoms with Crippen molar-refractivity contribution in [2.24, 2.45) is 0 Å². The number of rotatable bonds is 8. The summed E-state index contributed by atoms with van der Waals surface area (Å²) in [6, 6.07) is 7.56. The van der Waals surface area contributed by atoms with E-state index in [1.165, 1.54) is 39.5 Å². The van der Waals surface area contributed by atoms with Crippen LogP contribution in [0.15, 0.2) is 41.3 Å². The Morgan fingerprint density at radius 2 is 1.69 bits per heavy atom. The summed E-state index contributed by atoms with van der Waals surface area (Å²) in [7, 11) is 4.33. The van der Waals surface area contributed by atoms with Crippen LogP contribution in [-0.4, -0.2) is 56.4 Å². The molecule has 2 aromatic carbocycles. The summed E-state index contributed by atoms with van der Waals surface area (Å²) in [6.45, 7) is -0.433. The van der Waals surface area contributed by atoms with Crippen LogP contribution in [0.4, 0.5) is 18.0 Å². The van der Waals surface area contributed by atoms with E-state index in [9.17, 15) is 27.6 Å². The smallest absolute Gasteiger partial charge is 0.417 e. The van der Waals surface area contributed by atoms with Crippen molar-refractivity contribution in [3.63, 3.8) is 0 Å². The second-order valence-corrected chi connectivity index (χ2v) is 8.08. The maximum atomic E-state index is 13.1. The van der Waals surface area contributed by atoms with Gasteiger partial charge < -0.3 is 19.5 Å². The van der Waals surface area contributed by atoms with Gasteiger partial charge in [0, 0.05) is 13.1 Å². The molecule has 1 N–H and O–H groups in total. The number of alkyl halides is 3. The highest BCUT2D eigenvalue weighted by Crippen LogP contribution is 2.40. The van der Waals surface area contributed by atoms with E-state index in [-0.39, 0.29) is 18.0 Å². The molecule has 0 spiro atoms. The summed E-state index contributed by atoms with van der Waals surface area (Å²) in [5.74, 6) is -0.474. The maximum absolute atomic E-state index is 13.1. The zero-order valence-corrected chi connectivity index (χ0v) is 19.7. The Labute approximate surface area is 203 Å². The van der Waals surface area contributed by atoms with Gasteiger partial charge in [-0.2, -0.15) is 13.2 Å². The van der Waals surface area contributed by atoms with Crippen molar-refractivity contribution in [1.29, 1.82) is 0 Å². The van der Waals surface area contributed by atoms with E-state index in [2.05, 4.69) is 5.32 Å². The van der Waals surface area contributed by atoms with Gasteiger partial charge in [0.1, 0.15) is 0 Å². The summed E-state index contributed by atoms with van der Waals surface area (Å²) in [5.41, 5.74) is -1.10. The average molecular weight is 510 g/mol. The molecule has 1 aliphatic rings. The molecule has 186 valence electrons. The van der Waals surface area contributed by atoms with Gasteiger partial charge in [0.2, 0.25) is 5.75 Å². The van der Waals surface area contributed by atoms with Crippen LogP contribution in [0.2, 0.25) is 0 Å². The van der Waals surface area contributed by atoms with Crippen molar-refractivity contribution in [2.45, 2.75) is 6.18 Å². The Hall–Kier alpha value is -3.67. The van der Waals surface area contributed by atoms with Gasteiger partial charge in [-0.05, 0) is 47.7 Å². The number of benzene rings is 2. The normalized spacial score (nSPS) is 14.9. The molecule has 1 heterocycles. The van der Waals surface area contributed by atoms with Gasteiger partial charge >= 0.3 is 6.18 Å². The zero-order chi connectivity index (χ0) is 25.8. The lowest BCUT2D eigenvalue weighted by Gasteiger charge is -2.15. The van der Waals surface area contributed by atoms with Gasteiger partial charge in [-0.15, -0.1) is 0 Å². The number of hydrogen-bond acceptors (Lipinski definition) is 7. The quantitative estimate of drug-likeness (QED) is 0.532. The van der Waals surface area contributed by atoms with E-state index in [0.29, 0.717) is 34.6 Å². The molecule has 0 bridgehead atoms. The number of carbonyl (C=O) groups is 3. The fourth-order valence-corrected chi connectivity index (χ4v) is 4.20. The summed E-state index contributed by atoms with van der Waals surface area (Å²) < 4.78 is 55.2. The SMILES string of the molecule is COc1cc(/C=C2\SC(=O)N(CCNC(=O)c3ccccc3C(F)(F)F)C2=O)cc(OC)c1OC. The lowest BCUT2D eigenvalue weighted by molar-refractivity contribution is -0.138. The third-order valence-corrected chi connectivity index (χ3v) is 5.86. The second-order valence-electron chi connectivity index (χ2n) is 7.09. The van der Waals surface area contributed by atoms with Crippen LogP contribution in [0.1, 0.15) is 21.5 Å². The topological polar surface area (TPSA) is 94.2 Å². The van der Waals surface area contributed by atoms with Crippen LogP contribution < -0.4 is 19.5 Å². The van der Waals surface area contributed by atoms with Gasteiger partial charge in [-0.25, -0.2) is 0 Å². The predicted molar refractivity (Wildman–Crippen MR) is 123 cm³/mol. The van der Waals surface area contributed by atoms with Crippen LogP contribution in [-0.2, 0) is 11.0 Å². The molecular formula is C23H21F3N2O6S. The molecular weight excluding hydrogens is 489 g/mol. The van der Waals surface area contributed by atoms with Crippen LogP contribution in [0.5, 0.6) is 17.2 Å². The van der Waals surface area contributed by atoms with Gasteiger partial charge in [-0.3, -0.25) is 19.3 Å². The van der Waals surface area contributed by atoms with E-state index >= 15 is 0 Å². The van der Waals surface area contributed by atoms with Crippen molar-refractivity contribution in [2.75, 3.05) is 34.4 Å². The van der Waals surface area contributed by atoms with Crippen molar-refractivity contribution in [1.82, 2.24) is 10.2 Å². The van der Waals surface area contributed by atoms with E-state index < -0.39 is 34.4 Å². The van der Waals surface area contributed by atoms with Crippen LogP contribution >= 0.6 is 11.8 Å². The molecule has 1 aliphatic heterocycles. The van der Waals surface area contributed by atoms with E-state index in [1.807, 2.05) is 0 Å². The summed E-state index contributed by atoms with van der Waals surface area (Å²) in [6.07, 6.45) is -3.22. The number of ether oxygens (including phenoxy) is 3. The zero-order valence-electron chi connectivity index (χ0n) is 18.9. The van der Waals surface area contributed by atoms with Crippen molar-refractivity contribution < 1.29 is 41.8 Å². The first-order valence-electron chi connectivity index (χ1n) is 10.1. The maximum Gasteiger partial charge on any atom is 0.417 e. The largest absolute Gasteiger partial charge is 0.493 e. The molecule has 8 nitrogen and oxygen atoms in total. The summed E-state index contributed by atoms with van der Waals surface area (Å²) >= 11 is 0.699. The predicted octanol–water partition coefficient (Wildman–Crippen LogP) is 4.20. The van der Waals surface area contributed by atoms with Crippen LogP contribution in [0.25, 0.3) is 6.08 Å². The summed E-state index contributed by atoms with van der Waals surface area (Å²) in [4.78, 5) is 38.4. The molecule has 0 aromatic heterocycles. The molecule has 0 unspecified atom stereocenters. The molecule has 0 saturated carbocycles. The number of imide groups is 1. The number of methoxy groups -OCH3 is 3. The van der Waals surface area contributed by atoms with Gasteiger partial charge in [-0.1, -0.05) is 12.1 Å². The van der Waals surface area contributed by atoms with Gasteiger partial charge in [0.15, 0.2) is 11.5 Å². The Morgan fingerprint density at radius 3 is 2.26 bits per heavy atom. The van der Waals surface area contributed by atoms with Crippen LogP contribution in [0, 0.1) is 0 Å². The van der Waals surface area contributed by atoms with Crippen molar-refractivity contribution in [3.05, 3.63) is 58.0 Å². The molecule has 0 radical (unpaired) electrons. The first kappa shape index (κ1) is 25.9. The minimum Gasteiger partial charge on any atom is -0.493 e. The number of nitrogens with zero attached hydrogens (tertiary/aromatic N) is 1. The average Bonchev–Trinajstić information content (AvgIpc) is 3.09. The molecule has 2 aromatic rings. The van der Waals surface area contributed by atoms with Gasteiger partial charge in [0.05, 0.1) is 37.4 Å². The number of nitrogens with one attached hydrogen (secondary N) is 1. The number of amides is 3. The monoisotopic (exact) mass is 510 g/mol. The first-order chi connectivity index (χ1) is 16.6. The number of halogens is 3. The second kappa shape index (κ2) is 10.7. The standard InChI is InChI=1S/C23H21F3N2O6S/c1-32-16-10-13(11-17(33-2)19(16)34-3)12-18-21(30)28(22(31)35-18)9-8-27-20(29)14-6-4-5-7-15(14)23(24,25)26/h4-7,10-12H,8-9H2,1-3H3,(H,27,29)/b18-12-. The molecule has 0 aliphatic carbocycles. The Kier molecular flexibility index (Phi) is 7.95. The number of carbonyl (C=O) groups excluding carboxylic acids is 3. The highest BCUT2D eigenvalue weighted by Gasteiger charge is 2.36. The molecule has 0 atom stereocenters. The van der Waals surface area contributed by atoms with Crippen LogP contribution in [0.3, 0.4) is 0 Å². The Morgan fingerprint density at radius 1 is 1.06 bits per heavy atom. The number of thioether (sulfide) groups is 1. The Bertz CT molecular complexity index is 1160. The minimum absolute atomic E-state index is 0.123. The lowest BCUT2D eigenvalue weighted by Crippen LogP contribution is -2.37. The van der Waals surface area contributed by atoms with Crippen molar-refractivity contribution in [3.8, 4) is 17.2 Å². The molecule has 1 fully saturated rings. The van der Waals surface area contributed by atoms with Crippen molar-refractivity contribution >= 4 is 34.9 Å². The molecule has 3 rings (SSSR count). The number of hydrogen-bond donors (Lipinski definition) is 1. The first-order valence-corrected chi connectivity index (χ1v) is 10.9. The highest BCUT2D eigenvalue weighted by atomic mass is 32.2. The van der Waals surface area contributed by atoms with E-state index in [1.54, 1.807) is 12.1 Å². The Balaban J connectivity index is 1.71. The fourth-order valence-electron chi connectivity index (χ4n) is 3.33. The molecule has 12 heteroatoms. The van der Waals surface area contributed by atoms with E-state index in [4.69, 9.17) is 14.2 Å².